The molecule has 0 saturated heterocycles. The van der Waals surface area contributed by atoms with Crippen molar-refractivity contribution in [1.29, 1.82) is 0 Å². The average Bonchev–Trinajstić information content (AvgIpc) is 2.55. The molecule has 118 valence electrons. The highest BCUT2D eigenvalue weighted by atomic mass is 79.9. The van der Waals surface area contributed by atoms with Crippen molar-refractivity contribution in [2.45, 2.75) is 6.10 Å². The molecule has 1 N–H and O–H groups in total. The summed E-state index contributed by atoms with van der Waals surface area (Å²) in [5, 5.41) is 11.4. The van der Waals surface area contributed by atoms with E-state index in [1.165, 1.54) is 25.3 Å². The van der Waals surface area contributed by atoms with Gasteiger partial charge in [-0.3, -0.25) is 0 Å². The Balaban J connectivity index is 2.14. The molecule has 0 radical (unpaired) electrons. The Morgan fingerprint density at radius 3 is 2.70 bits per heavy atom. The molecular weight excluding hydrogens is 385 g/mol. The molecule has 0 fully saturated rings. The zero-order valence-corrected chi connectivity index (χ0v) is 14.4. The number of benzene rings is 2. The SMILES string of the molecule is COc1nc2ccc(Br)cc2cc1C(O)c1ccc(F)c(Cl)c1. The lowest BCUT2D eigenvalue weighted by atomic mass is 10.0. The number of aliphatic hydroxyl groups is 1. The molecule has 0 aliphatic heterocycles. The van der Waals surface area contributed by atoms with E-state index in [0.29, 0.717) is 17.0 Å². The molecular formula is C17H12BrClFNO2. The molecule has 1 unspecified atom stereocenters. The van der Waals surface area contributed by atoms with Crippen molar-refractivity contribution < 1.29 is 14.2 Å². The average molecular weight is 397 g/mol. The standard InChI is InChI=1S/C17H12BrClFNO2/c1-23-17-12(7-10-6-11(18)3-5-15(10)21-17)16(22)9-2-4-14(20)13(19)8-9/h2-8,16,22H,1H3. The van der Waals surface area contributed by atoms with E-state index in [0.717, 1.165) is 15.4 Å². The maximum Gasteiger partial charge on any atom is 0.219 e. The van der Waals surface area contributed by atoms with E-state index in [1.54, 1.807) is 6.07 Å². The maximum absolute atomic E-state index is 13.3. The van der Waals surface area contributed by atoms with E-state index in [-0.39, 0.29) is 5.02 Å². The molecule has 0 amide bonds. The van der Waals surface area contributed by atoms with Crippen molar-refractivity contribution in [3.63, 3.8) is 0 Å². The van der Waals surface area contributed by atoms with Gasteiger partial charge in [0.25, 0.3) is 0 Å². The molecule has 1 aromatic heterocycles. The van der Waals surface area contributed by atoms with Crippen LogP contribution in [0.25, 0.3) is 10.9 Å². The van der Waals surface area contributed by atoms with Crippen LogP contribution in [0.15, 0.2) is 46.9 Å². The fraction of sp³-hybridized carbons (Fsp3) is 0.118. The van der Waals surface area contributed by atoms with Crippen LogP contribution < -0.4 is 4.74 Å². The fourth-order valence-corrected chi connectivity index (χ4v) is 2.94. The summed E-state index contributed by atoms with van der Waals surface area (Å²) >= 11 is 9.21. The predicted molar refractivity (Wildman–Crippen MR) is 91.5 cm³/mol. The van der Waals surface area contributed by atoms with Gasteiger partial charge < -0.3 is 9.84 Å². The molecule has 0 aliphatic carbocycles. The van der Waals surface area contributed by atoms with E-state index in [2.05, 4.69) is 20.9 Å². The van der Waals surface area contributed by atoms with E-state index < -0.39 is 11.9 Å². The van der Waals surface area contributed by atoms with Gasteiger partial charge in [0.15, 0.2) is 0 Å². The minimum Gasteiger partial charge on any atom is -0.481 e. The number of hydrogen-bond donors (Lipinski definition) is 1. The van der Waals surface area contributed by atoms with Gasteiger partial charge in [0.2, 0.25) is 5.88 Å². The normalized spacial score (nSPS) is 12.4. The summed E-state index contributed by atoms with van der Waals surface area (Å²) < 4.78 is 19.5. The number of hydrogen-bond acceptors (Lipinski definition) is 3. The topological polar surface area (TPSA) is 42.4 Å². The van der Waals surface area contributed by atoms with Gasteiger partial charge >= 0.3 is 0 Å². The Labute approximate surface area is 145 Å². The molecule has 1 atom stereocenters. The number of ether oxygens (including phenoxy) is 1. The molecule has 0 bridgehead atoms. The second-order valence-electron chi connectivity index (χ2n) is 5.00. The number of rotatable bonds is 3. The summed E-state index contributed by atoms with van der Waals surface area (Å²) in [6.45, 7) is 0. The number of aromatic nitrogens is 1. The van der Waals surface area contributed by atoms with Crippen LogP contribution in [0.1, 0.15) is 17.2 Å². The van der Waals surface area contributed by atoms with Gasteiger partial charge in [-0.2, -0.15) is 0 Å². The van der Waals surface area contributed by atoms with Gasteiger partial charge in [0, 0.05) is 15.4 Å². The molecule has 3 aromatic rings. The Morgan fingerprint density at radius 2 is 2.00 bits per heavy atom. The van der Waals surface area contributed by atoms with Crippen molar-refractivity contribution >= 4 is 38.4 Å². The first kappa shape index (κ1) is 16.2. The Kier molecular flexibility index (Phi) is 4.53. The van der Waals surface area contributed by atoms with Gasteiger partial charge in [-0.25, -0.2) is 9.37 Å². The Hall–Kier alpha value is -1.69. The van der Waals surface area contributed by atoms with Crippen LogP contribution in [0.5, 0.6) is 5.88 Å². The van der Waals surface area contributed by atoms with E-state index >= 15 is 0 Å². The third-order valence-corrected chi connectivity index (χ3v) is 4.30. The van der Waals surface area contributed by atoms with Crippen molar-refractivity contribution in [1.82, 2.24) is 4.98 Å². The molecule has 23 heavy (non-hydrogen) atoms. The van der Waals surface area contributed by atoms with Crippen molar-refractivity contribution in [2.75, 3.05) is 7.11 Å². The number of methoxy groups -OCH3 is 1. The molecule has 0 saturated carbocycles. The van der Waals surface area contributed by atoms with Gasteiger partial charge in [-0.1, -0.05) is 33.6 Å². The molecule has 0 spiro atoms. The van der Waals surface area contributed by atoms with E-state index in [4.69, 9.17) is 16.3 Å². The summed E-state index contributed by atoms with van der Waals surface area (Å²) in [5.41, 5.74) is 1.70. The highest BCUT2D eigenvalue weighted by Gasteiger charge is 2.19. The zero-order chi connectivity index (χ0) is 16.6. The third-order valence-electron chi connectivity index (χ3n) is 3.52. The summed E-state index contributed by atoms with van der Waals surface area (Å²) in [6.07, 6.45) is -1.03. The van der Waals surface area contributed by atoms with Gasteiger partial charge in [0.1, 0.15) is 11.9 Å². The summed E-state index contributed by atoms with van der Waals surface area (Å²) in [4.78, 5) is 4.41. The highest BCUT2D eigenvalue weighted by molar-refractivity contribution is 9.10. The zero-order valence-electron chi connectivity index (χ0n) is 12.1. The van der Waals surface area contributed by atoms with Crippen LogP contribution in [0.3, 0.4) is 0 Å². The first-order valence-corrected chi connectivity index (χ1v) is 7.94. The first-order chi connectivity index (χ1) is 11.0. The summed E-state index contributed by atoms with van der Waals surface area (Å²) in [5.74, 6) is -0.220. The number of nitrogens with zero attached hydrogens (tertiary/aromatic N) is 1. The monoisotopic (exact) mass is 395 g/mol. The molecule has 1 heterocycles. The quantitative estimate of drug-likeness (QED) is 0.686. The van der Waals surface area contributed by atoms with Crippen LogP contribution in [-0.2, 0) is 0 Å². The minimum absolute atomic E-state index is 0.0444. The highest BCUT2D eigenvalue weighted by Crippen LogP contribution is 2.33. The van der Waals surface area contributed by atoms with Crippen LogP contribution >= 0.6 is 27.5 Å². The van der Waals surface area contributed by atoms with Gasteiger partial charge in [0.05, 0.1) is 17.6 Å². The van der Waals surface area contributed by atoms with Crippen LogP contribution in [0.4, 0.5) is 4.39 Å². The largest absolute Gasteiger partial charge is 0.481 e. The van der Waals surface area contributed by atoms with Crippen molar-refractivity contribution in [2.24, 2.45) is 0 Å². The van der Waals surface area contributed by atoms with E-state index in [9.17, 15) is 9.50 Å². The van der Waals surface area contributed by atoms with Crippen molar-refractivity contribution in [3.8, 4) is 5.88 Å². The van der Waals surface area contributed by atoms with Gasteiger partial charge in [-0.05, 0) is 42.0 Å². The number of fused-ring (bicyclic) bond motifs is 1. The lowest BCUT2D eigenvalue weighted by Crippen LogP contribution is -2.04. The lowest BCUT2D eigenvalue weighted by Gasteiger charge is -2.16. The molecule has 6 heteroatoms. The van der Waals surface area contributed by atoms with Crippen LogP contribution in [0.2, 0.25) is 5.02 Å². The molecule has 0 aliphatic rings. The summed E-state index contributed by atoms with van der Waals surface area (Å²) in [7, 11) is 1.49. The third kappa shape index (κ3) is 3.17. The number of halogens is 3. The van der Waals surface area contributed by atoms with Crippen molar-refractivity contribution in [3.05, 3.63) is 68.9 Å². The fourth-order valence-electron chi connectivity index (χ4n) is 2.37. The minimum atomic E-state index is -1.03. The molecule has 2 aromatic carbocycles. The number of pyridine rings is 1. The van der Waals surface area contributed by atoms with Gasteiger partial charge in [-0.15, -0.1) is 0 Å². The second-order valence-corrected chi connectivity index (χ2v) is 6.32. The van der Waals surface area contributed by atoms with Crippen LogP contribution in [0, 0.1) is 5.82 Å². The van der Waals surface area contributed by atoms with E-state index in [1.807, 2.05) is 18.2 Å². The summed E-state index contributed by atoms with van der Waals surface area (Å²) in [6, 6.07) is 11.5. The second kappa shape index (κ2) is 6.43. The maximum atomic E-state index is 13.3. The lowest BCUT2D eigenvalue weighted by molar-refractivity contribution is 0.213. The smallest absolute Gasteiger partial charge is 0.219 e. The first-order valence-electron chi connectivity index (χ1n) is 6.77. The Morgan fingerprint density at radius 1 is 1.22 bits per heavy atom. The molecule has 3 rings (SSSR count). The molecule has 3 nitrogen and oxygen atoms in total. The number of aliphatic hydroxyl groups excluding tert-OH is 1. The predicted octanol–water partition coefficient (Wildman–Crippen LogP) is 4.88. The Bertz CT molecular complexity index is 888. The van der Waals surface area contributed by atoms with Crippen LogP contribution in [-0.4, -0.2) is 17.2 Å².